The normalized spacial score (nSPS) is 11.9. The van der Waals surface area contributed by atoms with Crippen LogP contribution in [-0.2, 0) is 11.0 Å². The molecule has 140 valence electrons. The van der Waals surface area contributed by atoms with Crippen LogP contribution >= 0.6 is 11.8 Å². The van der Waals surface area contributed by atoms with Crippen LogP contribution in [-0.4, -0.2) is 18.0 Å². The molecule has 3 nitrogen and oxygen atoms in total. The van der Waals surface area contributed by atoms with Crippen molar-refractivity contribution in [3.8, 4) is 5.75 Å². The molecule has 0 saturated heterocycles. The van der Waals surface area contributed by atoms with E-state index in [1.54, 1.807) is 0 Å². The molecule has 0 radical (unpaired) electrons. The number of alkyl halides is 6. The zero-order valence-corrected chi connectivity index (χ0v) is 13.6. The van der Waals surface area contributed by atoms with Crippen molar-refractivity contribution < 1.29 is 35.9 Å². The van der Waals surface area contributed by atoms with Crippen LogP contribution in [0.15, 0.2) is 53.4 Å². The Morgan fingerprint density at radius 1 is 1.00 bits per heavy atom. The molecule has 1 amide bonds. The van der Waals surface area contributed by atoms with E-state index in [-0.39, 0.29) is 16.3 Å². The number of amides is 1. The van der Waals surface area contributed by atoms with Gasteiger partial charge in [-0.1, -0.05) is 6.07 Å². The van der Waals surface area contributed by atoms with Crippen LogP contribution in [0.2, 0.25) is 0 Å². The molecule has 0 saturated carbocycles. The van der Waals surface area contributed by atoms with Crippen molar-refractivity contribution in [2.45, 2.75) is 17.4 Å². The highest BCUT2D eigenvalue weighted by Crippen LogP contribution is 2.32. The standard InChI is InChI=1S/C16H11F6NO2S/c17-15(18,19)10-2-1-3-13(8-10)26-9-14(24)23-11-4-6-12(7-5-11)25-16(20,21)22/h1-8H,9H2,(H,23,24). The Bertz CT molecular complexity index is 759. The minimum atomic E-state index is -4.81. The highest BCUT2D eigenvalue weighted by molar-refractivity contribution is 8.00. The molecule has 0 atom stereocenters. The second kappa shape index (κ2) is 7.90. The molecule has 0 spiro atoms. The lowest BCUT2D eigenvalue weighted by molar-refractivity contribution is -0.274. The molecule has 0 heterocycles. The van der Waals surface area contributed by atoms with Crippen molar-refractivity contribution >= 4 is 23.4 Å². The third-order valence-corrected chi connectivity index (χ3v) is 3.90. The maximum absolute atomic E-state index is 12.6. The summed E-state index contributed by atoms with van der Waals surface area (Å²) in [6.07, 6.45) is -9.29. The molecule has 0 aromatic heterocycles. The van der Waals surface area contributed by atoms with Gasteiger partial charge in [-0.05, 0) is 42.5 Å². The van der Waals surface area contributed by atoms with Crippen molar-refractivity contribution in [3.63, 3.8) is 0 Å². The fourth-order valence-corrected chi connectivity index (χ4v) is 2.60. The summed E-state index contributed by atoms with van der Waals surface area (Å²) in [5.74, 6) is -1.12. The number of carbonyl (C=O) groups excluding carboxylic acids is 1. The number of carbonyl (C=O) groups is 1. The number of anilines is 1. The van der Waals surface area contributed by atoms with E-state index in [4.69, 9.17) is 0 Å². The van der Waals surface area contributed by atoms with Gasteiger partial charge in [-0.3, -0.25) is 4.79 Å². The lowest BCUT2D eigenvalue weighted by Gasteiger charge is -2.10. The molecule has 1 N–H and O–H groups in total. The van der Waals surface area contributed by atoms with Crippen LogP contribution < -0.4 is 10.1 Å². The summed E-state index contributed by atoms with van der Waals surface area (Å²) in [7, 11) is 0. The summed E-state index contributed by atoms with van der Waals surface area (Å²) in [5.41, 5.74) is -0.586. The van der Waals surface area contributed by atoms with Gasteiger partial charge in [0.1, 0.15) is 5.75 Å². The maximum atomic E-state index is 12.6. The third-order valence-electron chi connectivity index (χ3n) is 2.90. The largest absolute Gasteiger partial charge is 0.573 e. The predicted molar refractivity (Wildman–Crippen MR) is 83.9 cm³/mol. The fourth-order valence-electron chi connectivity index (χ4n) is 1.85. The number of nitrogens with one attached hydrogen (secondary N) is 1. The summed E-state index contributed by atoms with van der Waals surface area (Å²) < 4.78 is 77.7. The average Bonchev–Trinajstić information content (AvgIpc) is 2.53. The van der Waals surface area contributed by atoms with Crippen LogP contribution in [0.3, 0.4) is 0 Å². The molecule has 0 aliphatic rings. The molecular weight excluding hydrogens is 384 g/mol. The monoisotopic (exact) mass is 395 g/mol. The van der Waals surface area contributed by atoms with Crippen molar-refractivity contribution in [3.05, 3.63) is 54.1 Å². The zero-order chi connectivity index (χ0) is 19.4. The fraction of sp³-hybridized carbons (Fsp3) is 0.188. The van der Waals surface area contributed by atoms with Gasteiger partial charge in [-0.15, -0.1) is 24.9 Å². The maximum Gasteiger partial charge on any atom is 0.573 e. The van der Waals surface area contributed by atoms with E-state index >= 15 is 0 Å². The van der Waals surface area contributed by atoms with E-state index in [1.165, 1.54) is 24.3 Å². The SMILES string of the molecule is O=C(CSc1cccc(C(F)(F)F)c1)Nc1ccc(OC(F)(F)F)cc1. The van der Waals surface area contributed by atoms with E-state index in [0.29, 0.717) is 0 Å². The molecule has 2 aromatic rings. The Morgan fingerprint density at radius 2 is 1.65 bits per heavy atom. The molecule has 0 fully saturated rings. The summed E-state index contributed by atoms with van der Waals surface area (Å²) in [5, 5.41) is 2.43. The van der Waals surface area contributed by atoms with Gasteiger partial charge < -0.3 is 10.1 Å². The van der Waals surface area contributed by atoms with E-state index in [9.17, 15) is 31.1 Å². The van der Waals surface area contributed by atoms with Gasteiger partial charge in [0.2, 0.25) is 5.91 Å². The third kappa shape index (κ3) is 6.51. The Hall–Kier alpha value is -2.36. The van der Waals surface area contributed by atoms with E-state index in [0.717, 1.165) is 36.0 Å². The van der Waals surface area contributed by atoms with Crippen LogP contribution in [0, 0.1) is 0 Å². The molecule has 26 heavy (non-hydrogen) atoms. The number of thioether (sulfide) groups is 1. The van der Waals surface area contributed by atoms with E-state index in [2.05, 4.69) is 10.1 Å². The quantitative estimate of drug-likeness (QED) is 0.549. The Kier molecular flexibility index (Phi) is 6.06. The lowest BCUT2D eigenvalue weighted by atomic mass is 10.2. The van der Waals surface area contributed by atoms with Gasteiger partial charge in [0.05, 0.1) is 11.3 Å². The number of halogens is 6. The van der Waals surface area contributed by atoms with Crippen LogP contribution in [0.4, 0.5) is 32.0 Å². The second-order valence-electron chi connectivity index (χ2n) is 4.93. The second-order valence-corrected chi connectivity index (χ2v) is 5.98. The Labute approximate surface area is 148 Å². The first-order valence-corrected chi connectivity index (χ1v) is 7.97. The molecule has 0 bridgehead atoms. The van der Waals surface area contributed by atoms with Gasteiger partial charge in [-0.25, -0.2) is 0 Å². The number of rotatable bonds is 5. The molecule has 0 aliphatic heterocycles. The molecular formula is C16H11F6NO2S. The first kappa shape index (κ1) is 20.0. The summed E-state index contributed by atoms with van der Waals surface area (Å²) in [4.78, 5) is 12.1. The van der Waals surface area contributed by atoms with Crippen molar-refractivity contribution in [1.29, 1.82) is 0 Å². The molecule has 2 rings (SSSR count). The highest BCUT2D eigenvalue weighted by atomic mass is 32.2. The Balaban J connectivity index is 1.89. The van der Waals surface area contributed by atoms with Gasteiger partial charge >= 0.3 is 12.5 Å². The van der Waals surface area contributed by atoms with Crippen molar-refractivity contribution in [2.24, 2.45) is 0 Å². The summed E-state index contributed by atoms with van der Waals surface area (Å²) >= 11 is 0.904. The number of hydrogen-bond donors (Lipinski definition) is 1. The average molecular weight is 395 g/mol. The molecule has 0 aliphatic carbocycles. The lowest BCUT2D eigenvalue weighted by Crippen LogP contribution is -2.17. The van der Waals surface area contributed by atoms with Crippen molar-refractivity contribution in [2.75, 3.05) is 11.1 Å². The number of ether oxygens (including phenoxy) is 1. The van der Waals surface area contributed by atoms with Gasteiger partial charge in [-0.2, -0.15) is 13.2 Å². The Morgan fingerprint density at radius 3 is 2.23 bits per heavy atom. The minimum Gasteiger partial charge on any atom is -0.406 e. The number of benzene rings is 2. The smallest absolute Gasteiger partial charge is 0.406 e. The van der Waals surface area contributed by atoms with E-state index < -0.39 is 29.8 Å². The van der Waals surface area contributed by atoms with Crippen molar-refractivity contribution in [1.82, 2.24) is 0 Å². The van der Waals surface area contributed by atoms with Gasteiger partial charge in [0, 0.05) is 10.6 Å². The summed E-state index contributed by atoms with van der Waals surface area (Å²) in [6.45, 7) is 0. The van der Waals surface area contributed by atoms with Gasteiger partial charge in [0.25, 0.3) is 0 Å². The molecule has 10 heteroatoms. The van der Waals surface area contributed by atoms with Crippen LogP contribution in [0.25, 0.3) is 0 Å². The first-order valence-electron chi connectivity index (χ1n) is 6.99. The molecule has 0 unspecified atom stereocenters. The van der Waals surface area contributed by atoms with Gasteiger partial charge in [0.15, 0.2) is 0 Å². The molecule has 2 aromatic carbocycles. The van der Waals surface area contributed by atoms with Crippen LogP contribution in [0.5, 0.6) is 5.75 Å². The summed E-state index contributed by atoms with van der Waals surface area (Å²) in [6, 6.07) is 9.03. The predicted octanol–water partition coefficient (Wildman–Crippen LogP) is 5.33. The minimum absolute atomic E-state index is 0.165. The zero-order valence-electron chi connectivity index (χ0n) is 12.8. The first-order chi connectivity index (χ1) is 12.0. The van der Waals surface area contributed by atoms with Crippen LogP contribution in [0.1, 0.15) is 5.56 Å². The highest BCUT2D eigenvalue weighted by Gasteiger charge is 2.31. The topological polar surface area (TPSA) is 38.3 Å². The van der Waals surface area contributed by atoms with E-state index in [1.807, 2.05) is 0 Å². The number of hydrogen-bond acceptors (Lipinski definition) is 3.